The van der Waals surface area contributed by atoms with Crippen LogP contribution in [0.3, 0.4) is 0 Å². The van der Waals surface area contributed by atoms with Crippen LogP contribution in [0, 0.1) is 5.41 Å². The quantitative estimate of drug-likeness (QED) is 0.835. The number of amides is 1. The molecular formula is C14H22N2O2. The third-order valence-electron chi connectivity index (χ3n) is 2.84. The fourth-order valence-corrected chi connectivity index (χ4v) is 1.89. The van der Waals surface area contributed by atoms with E-state index in [1.54, 1.807) is 7.11 Å². The van der Waals surface area contributed by atoms with Crippen molar-refractivity contribution in [2.24, 2.45) is 11.1 Å². The monoisotopic (exact) mass is 250 g/mol. The van der Waals surface area contributed by atoms with Crippen LogP contribution in [0.25, 0.3) is 0 Å². The highest BCUT2D eigenvalue weighted by atomic mass is 16.5. The van der Waals surface area contributed by atoms with E-state index in [-0.39, 0.29) is 17.4 Å². The van der Waals surface area contributed by atoms with Crippen molar-refractivity contribution < 1.29 is 9.53 Å². The predicted molar refractivity (Wildman–Crippen MR) is 72.3 cm³/mol. The van der Waals surface area contributed by atoms with Crippen LogP contribution < -0.4 is 15.8 Å². The molecule has 3 N–H and O–H groups in total. The van der Waals surface area contributed by atoms with Gasteiger partial charge in [-0.2, -0.15) is 0 Å². The summed E-state index contributed by atoms with van der Waals surface area (Å²) in [5.41, 5.74) is 6.22. The van der Waals surface area contributed by atoms with E-state index in [4.69, 9.17) is 10.5 Å². The Morgan fingerprint density at radius 1 is 1.39 bits per heavy atom. The molecule has 18 heavy (non-hydrogen) atoms. The van der Waals surface area contributed by atoms with E-state index in [0.29, 0.717) is 6.54 Å². The molecule has 0 spiro atoms. The molecule has 100 valence electrons. The first-order valence-electron chi connectivity index (χ1n) is 6.01. The van der Waals surface area contributed by atoms with Gasteiger partial charge in [-0.1, -0.05) is 39.0 Å². The van der Waals surface area contributed by atoms with E-state index in [0.717, 1.165) is 11.3 Å². The Kier molecular flexibility index (Phi) is 4.73. The topological polar surface area (TPSA) is 64.3 Å². The second-order valence-corrected chi connectivity index (χ2v) is 5.39. The maximum absolute atomic E-state index is 11.5. The molecule has 0 heterocycles. The molecule has 1 atom stereocenters. The Hall–Kier alpha value is -1.55. The van der Waals surface area contributed by atoms with Gasteiger partial charge in [-0.05, 0) is 11.5 Å². The molecule has 1 unspecified atom stereocenters. The van der Waals surface area contributed by atoms with E-state index < -0.39 is 0 Å². The Morgan fingerprint density at radius 3 is 2.50 bits per heavy atom. The van der Waals surface area contributed by atoms with E-state index in [1.807, 2.05) is 45.0 Å². The van der Waals surface area contributed by atoms with Crippen molar-refractivity contribution in [3.05, 3.63) is 29.8 Å². The van der Waals surface area contributed by atoms with Crippen LogP contribution in [0.2, 0.25) is 0 Å². The zero-order valence-corrected chi connectivity index (χ0v) is 11.5. The smallest absolute Gasteiger partial charge is 0.235 e. The highest BCUT2D eigenvalue weighted by Gasteiger charge is 2.29. The number of carbonyl (C=O) groups is 1. The van der Waals surface area contributed by atoms with Gasteiger partial charge < -0.3 is 15.8 Å². The minimum Gasteiger partial charge on any atom is -0.496 e. The predicted octanol–water partition coefficient (Wildman–Crippen LogP) is 1.68. The van der Waals surface area contributed by atoms with Gasteiger partial charge in [-0.25, -0.2) is 0 Å². The number of methoxy groups -OCH3 is 1. The Labute approximate surface area is 109 Å². The zero-order valence-electron chi connectivity index (χ0n) is 11.5. The third kappa shape index (κ3) is 3.74. The summed E-state index contributed by atoms with van der Waals surface area (Å²) >= 11 is 0. The number of para-hydroxylation sites is 1. The molecule has 0 saturated carbocycles. The molecule has 0 aromatic heterocycles. The normalized spacial score (nSPS) is 13.1. The van der Waals surface area contributed by atoms with Crippen molar-refractivity contribution in [3.8, 4) is 5.75 Å². The summed E-state index contributed by atoms with van der Waals surface area (Å²) in [5.74, 6) is 0.472. The summed E-state index contributed by atoms with van der Waals surface area (Å²) in [5, 5.41) is 3.20. The summed E-state index contributed by atoms with van der Waals surface area (Å²) in [6.07, 6.45) is 0. The second-order valence-electron chi connectivity index (χ2n) is 5.39. The number of benzene rings is 1. The van der Waals surface area contributed by atoms with E-state index in [2.05, 4.69) is 5.32 Å². The number of nitrogens with two attached hydrogens (primary N) is 1. The van der Waals surface area contributed by atoms with Gasteiger partial charge in [0.05, 0.1) is 13.2 Å². The van der Waals surface area contributed by atoms with Gasteiger partial charge in [0, 0.05) is 12.1 Å². The highest BCUT2D eigenvalue weighted by Crippen LogP contribution is 2.21. The minimum absolute atomic E-state index is 0.214. The van der Waals surface area contributed by atoms with Gasteiger partial charge in [0.1, 0.15) is 5.75 Å². The molecule has 4 heteroatoms. The molecular weight excluding hydrogens is 228 g/mol. The average molecular weight is 250 g/mol. The molecule has 1 amide bonds. The first kappa shape index (κ1) is 14.5. The van der Waals surface area contributed by atoms with Gasteiger partial charge in [0.15, 0.2) is 0 Å². The zero-order chi connectivity index (χ0) is 13.8. The fourth-order valence-electron chi connectivity index (χ4n) is 1.89. The highest BCUT2D eigenvalue weighted by molar-refractivity contribution is 5.80. The number of carbonyl (C=O) groups excluding carboxylic acids is 1. The number of primary amides is 1. The van der Waals surface area contributed by atoms with Gasteiger partial charge in [-0.3, -0.25) is 4.79 Å². The lowest BCUT2D eigenvalue weighted by molar-refractivity contribution is -0.122. The van der Waals surface area contributed by atoms with Crippen LogP contribution in [0.15, 0.2) is 24.3 Å². The number of ether oxygens (including phenoxy) is 1. The number of rotatable bonds is 5. The first-order valence-corrected chi connectivity index (χ1v) is 6.01. The van der Waals surface area contributed by atoms with Crippen molar-refractivity contribution in [1.82, 2.24) is 5.32 Å². The molecule has 4 nitrogen and oxygen atoms in total. The van der Waals surface area contributed by atoms with Crippen LogP contribution in [-0.4, -0.2) is 19.1 Å². The van der Waals surface area contributed by atoms with E-state index in [9.17, 15) is 4.79 Å². The van der Waals surface area contributed by atoms with Gasteiger partial charge in [-0.15, -0.1) is 0 Å². The first-order chi connectivity index (χ1) is 8.36. The van der Waals surface area contributed by atoms with Gasteiger partial charge in [0.25, 0.3) is 0 Å². The van der Waals surface area contributed by atoms with E-state index in [1.165, 1.54) is 0 Å². The van der Waals surface area contributed by atoms with Crippen LogP contribution in [0.5, 0.6) is 5.75 Å². The molecule has 0 aliphatic carbocycles. The third-order valence-corrected chi connectivity index (χ3v) is 2.84. The number of hydrogen-bond donors (Lipinski definition) is 2. The van der Waals surface area contributed by atoms with Crippen LogP contribution >= 0.6 is 0 Å². The molecule has 0 bridgehead atoms. The molecule has 0 aliphatic rings. The molecule has 1 aromatic carbocycles. The van der Waals surface area contributed by atoms with Crippen molar-refractivity contribution in [2.75, 3.05) is 7.11 Å². The second kappa shape index (κ2) is 5.87. The summed E-state index contributed by atoms with van der Waals surface area (Å²) < 4.78 is 5.27. The van der Waals surface area contributed by atoms with Crippen molar-refractivity contribution in [3.63, 3.8) is 0 Å². The Bertz CT molecular complexity index is 411. The summed E-state index contributed by atoms with van der Waals surface area (Å²) in [6, 6.07) is 7.34. The molecule has 0 saturated heterocycles. The summed E-state index contributed by atoms with van der Waals surface area (Å²) in [7, 11) is 1.63. The van der Waals surface area contributed by atoms with Gasteiger partial charge in [0.2, 0.25) is 5.91 Å². The lowest BCUT2D eigenvalue weighted by Crippen LogP contribution is -2.49. The Morgan fingerprint density at radius 2 is 2.00 bits per heavy atom. The van der Waals surface area contributed by atoms with Crippen molar-refractivity contribution in [1.29, 1.82) is 0 Å². The maximum Gasteiger partial charge on any atom is 0.235 e. The summed E-state index contributed by atoms with van der Waals surface area (Å²) in [6.45, 7) is 6.50. The summed E-state index contributed by atoms with van der Waals surface area (Å²) in [4.78, 5) is 11.5. The van der Waals surface area contributed by atoms with Crippen molar-refractivity contribution >= 4 is 5.91 Å². The van der Waals surface area contributed by atoms with Gasteiger partial charge >= 0.3 is 0 Å². The molecule has 0 fully saturated rings. The fraction of sp³-hybridized carbons (Fsp3) is 0.500. The van der Waals surface area contributed by atoms with E-state index >= 15 is 0 Å². The molecule has 0 aliphatic heterocycles. The molecule has 0 radical (unpaired) electrons. The van der Waals surface area contributed by atoms with Crippen LogP contribution in [0.4, 0.5) is 0 Å². The van der Waals surface area contributed by atoms with Crippen molar-refractivity contribution in [2.45, 2.75) is 33.4 Å². The Balaban J connectivity index is 2.77. The SMILES string of the molecule is COc1ccccc1CNC(C(N)=O)C(C)(C)C. The molecule has 1 rings (SSSR count). The van der Waals surface area contributed by atoms with Crippen LogP contribution in [-0.2, 0) is 11.3 Å². The number of nitrogens with one attached hydrogen (secondary N) is 1. The standard InChI is InChI=1S/C14H22N2O2/c1-14(2,3)12(13(15)17)16-9-10-7-5-6-8-11(10)18-4/h5-8,12,16H,9H2,1-4H3,(H2,15,17). The maximum atomic E-state index is 11.5. The van der Waals surface area contributed by atoms with Crippen LogP contribution in [0.1, 0.15) is 26.3 Å². The lowest BCUT2D eigenvalue weighted by atomic mass is 9.86. The molecule has 1 aromatic rings. The largest absolute Gasteiger partial charge is 0.496 e. The minimum atomic E-state index is -0.373. The lowest BCUT2D eigenvalue weighted by Gasteiger charge is -2.29. The average Bonchev–Trinajstić information content (AvgIpc) is 2.27. The number of hydrogen-bond acceptors (Lipinski definition) is 3.